The van der Waals surface area contributed by atoms with E-state index in [-0.39, 0.29) is 5.41 Å². The molecule has 4 nitrogen and oxygen atoms in total. The van der Waals surface area contributed by atoms with Crippen LogP contribution in [0.4, 0.5) is 0 Å². The van der Waals surface area contributed by atoms with Gasteiger partial charge >= 0.3 is 0 Å². The van der Waals surface area contributed by atoms with Crippen LogP contribution in [0.2, 0.25) is 0 Å². The number of aromatic nitrogens is 2. The van der Waals surface area contributed by atoms with Gasteiger partial charge in [0, 0.05) is 25.3 Å². The molecule has 108 valence electrons. The molecule has 1 saturated carbocycles. The maximum atomic E-state index is 5.87. The average molecular weight is 264 g/mol. The van der Waals surface area contributed by atoms with Gasteiger partial charge in [0.15, 0.2) is 0 Å². The molecule has 0 aromatic carbocycles. The zero-order valence-corrected chi connectivity index (χ0v) is 12.6. The van der Waals surface area contributed by atoms with E-state index in [0.717, 1.165) is 26.2 Å². The van der Waals surface area contributed by atoms with Crippen LogP contribution in [-0.4, -0.2) is 34.1 Å². The van der Waals surface area contributed by atoms with Crippen molar-refractivity contribution >= 4 is 0 Å². The van der Waals surface area contributed by atoms with Crippen LogP contribution in [0.1, 0.15) is 51.8 Å². The van der Waals surface area contributed by atoms with Gasteiger partial charge in [-0.05, 0) is 37.8 Å². The van der Waals surface area contributed by atoms with Crippen molar-refractivity contribution in [2.24, 2.45) is 11.1 Å². The number of nitrogens with two attached hydrogens (primary N) is 1. The molecule has 1 aliphatic carbocycles. The van der Waals surface area contributed by atoms with Crippen molar-refractivity contribution in [3.63, 3.8) is 0 Å². The SMILES string of the molecule is CCCN(Cc1cncn1C1CC1)CC(C)(C)CN. The maximum absolute atomic E-state index is 5.87. The smallest absolute Gasteiger partial charge is 0.0951 e. The first-order valence-electron chi connectivity index (χ1n) is 7.49. The average Bonchev–Trinajstić information content (AvgIpc) is 3.10. The normalized spacial score (nSPS) is 16.3. The first-order valence-corrected chi connectivity index (χ1v) is 7.49. The van der Waals surface area contributed by atoms with E-state index in [1.165, 1.54) is 25.0 Å². The van der Waals surface area contributed by atoms with Crippen molar-refractivity contribution in [3.8, 4) is 0 Å². The van der Waals surface area contributed by atoms with Gasteiger partial charge in [0.2, 0.25) is 0 Å². The minimum absolute atomic E-state index is 0.180. The summed E-state index contributed by atoms with van der Waals surface area (Å²) in [5, 5.41) is 0. The number of hydrogen-bond acceptors (Lipinski definition) is 3. The Labute approximate surface area is 117 Å². The first kappa shape index (κ1) is 14.5. The summed E-state index contributed by atoms with van der Waals surface area (Å²) >= 11 is 0. The van der Waals surface area contributed by atoms with Gasteiger partial charge in [-0.1, -0.05) is 20.8 Å². The van der Waals surface area contributed by atoms with E-state index in [2.05, 4.69) is 35.2 Å². The third kappa shape index (κ3) is 4.05. The molecule has 0 radical (unpaired) electrons. The number of nitrogens with zero attached hydrogens (tertiary/aromatic N) is 3. The van der Waals surface area contributed by atoms with Crippen LogP contribution in [0.5, 0.6) is 0 Å². The Morgan fingerprint density at radius 1 is 1.47 bits per heavy atom. The second-order valence-electron chi connectivity index (χ2n) is 6.60. The number of hydrogen-bond donors (Lipinski definition) is 1. The van der Waals surface area contributed by atoms with Gasteiger partial charge in [-0.2, -0.15) is 0 Å². The molecule has 0 unspecified atom stereocenters. The molecular formula is C15H28N4. The molecule has 0 aliphatic heterocycles. The predicted molar refractivity (Wildman–Crippen MR) is 78.9 cm³/mol. The zero-order chi connectivity index (χ0) is 13.9. The lowest BCUT2D eigenvalue weighted by atomic mass is 9.93. The Balaban J connectivity index is 2.01. The number of rotatable bonds is 8. The molecule has 1 aromatic rings. The Kier molecular flexibility index (Phi) is 4.63. The lowest BCUT2D eigenvalue weighted by Gasteiger charge is -2.31. The molecule has 1 aliphatic rings. The minimum atomic E-state index is 0.180. The fraction of sp³-hybridized carbons (Fsp3) is 0.800. The van der Waals surface area contributed by atoms with E-state index in [1.54, 1.807) is 0 Å². The van der Waals surface area contributed by atoms with E-state index in [0.29, 0.717) is 6.04 Å². The van der Waals surface area contributed by atoms with E-state index in [4.69, 9.17) is 5.73 Å². The predicted octanol–water partition coefficient (Wildman–Crippen LogP) is 2.41. The van der Waals surface area contributed by atoms with Crippen LogP contribution in [-0.2, 0) is 6.54 Å². The molecule has 0 atom stereocenters. The summed E-state index contributed by atoms with van der Waals surface area (Å²) in [6.07, 6.45) is 7.82. The van der Waals surface area contributed by atoms with E-state index >= 15 is 0 Å². The van der Waals surface area contributed by atoms with Gasteiger partial charge < -0.3 is 10.3 Å². The molecule has 2 rings (SSSR count). The Hall–Kier alpha value is -0.870. The molecule has 1 aromatic heterocycles. The molecule has 2 N–H and O–H groups in total. The van der Waals surface area contributed by atoms with Crippen LogP contribution < -0.4 is 5.73 Å². The molecule has 1 heterocycles. The van der Waals surface area contributed by atoms with Crippen LogP contribution >= 0.6 is 0 Å². The van der Waals surface area contributed by atoms with Crippen molar-refractivity contribution in [3.05, 3.63) is 18.2 Å². The van der Waals surface area contributed by atoms with Crippen LogP contribution in [0.15, 0.2) is 12.5 Å². The highest BCUT2D eigenvalue weighted by atomic mass is 15.2. The Morgan fingerprint density at radius 3 is 2.79 bits per heavy atom. The molecular weight excluding hydrogens is 236 g/mol. The summed E-state index contributed by atoms with van der Waals surface area (Å²) < 4.78 is 2.36. The summed E-state index contributed by atoms with van der Waals surface area (Å²) in [6, 6.07) is 0.712. The van der Waals surface area contributed by atoms with Crippen molar-refractivity contribution in [2.75, 3.05) is 19.6 Å². The second-order valence-corrected chi connectivity index (χ2v) is 6.60. The topological polar surface area (TPSA) is 47.1 Å². The largest absolute Gasteiger partial charge is 0.330 e. The summed E-state index contributed by atoms with van der Waals surface area (Å²) in [6.45, 7) is 10.6. The summed E-state index contributed by atoms with van der Waals surface area (Å²) in [5.41, 5.74) is 7.40. The lowest BCUT2D eigenvalue weighted by Crippen LogP contribution is -2.39. The molecule has 0 bridgehead atoms. The van der Waals surface area contributed by atoms with Gasteiger partial charge in [-0.3, -0.25) is 4.90 Å². The van der Waals surface area contributed by atoms with Crippen LogP contribution in [0.25, 0.3) is 0 Å². The quantitative estimate of drug-likeness (QED) is 0.784. The molecule has 4 heteroatoms. The highest BCUT2D eigenvalue weighted by Crippen LogP contribution is 2.35. The minimum Gasteiger partial charge on any atom is -0.330 e. The molecule has 19 heavy (non-hydrogen) atoms. The Bertz CT molecular complexity index is 393. The lowest BCUT2D eigenvalue weighted by molar-refractivity contribution is 0.172. The second kappa shape index (κ2) is 6.06. The summed E-state index contributed by atoms with van der Waals surface area (Å²) in [5.74, 6) is 0. The molecule has 1 fully saturated rings. The third-order valence-electron chi connectivity index (χ3n) is 3.82. The van der Waals surface area contributed by atoms with Gasteiger partial charge in [0.05, 0.1) is 12.0 Å². The summed E-state index contributed by atoms with van der Waals surface area (Å²) in [7, 11) is 0. The molecule has 0 spiro atoms. The third-order valence-corrected chi connectivity index (χ3v) is 3.82. The Morgan fingerprint density at radius 2 is 2.21 bits per heavy atom. The van der Waals surface area contributed by atoms with Crippen molar-refractivity contribution in [1.29, 1.82) is 0 Å². The van der Waals surface area contributed by atoms with Crippen LogP contribution in [0, 0.1) is 5.41 Å². The van der Waals surface area contributed by atoms with Crippen LogP contribution in [0.3, 0.4) is 0 Å². The maximum Gasteiger partial charge on any atom is 0.0951 e. The van der Waals surface area contributed by atoms with Gasteiger partial charge in [0.25, 0.3) is 0 Å². The summed E-state index contributed by atoms with van der Waals surface area (Å²) in [4.78, 5) is 6.84. The van der Waals surface area contributed by atoms with E-state index in [9.17, 15) is 0 Å². The van der Waals surface area contributed by atoms with Crippen molar-refractivity contribution in [1.82, 2.24) is 14.5 Å². The van der Waals surface area contributed by atoms with E-state index < -0.39 is 0 Å². The highest BCUT2D eigenvalue weighted by Gasteiger charge is 2.26. The first-order chi connectivity index (χ1) is 9.05. The fourth-order valence-corrected chi connectivity index (χ4v) is 2.57. The standard InChI is InChI=1S/C15H28N4/c1-4-7-18(11-15(2,3)10-16)9-14-8-17-12-19(14)13-5-6-13/h8,12-13H,4-7,9-11,16H2,1-3H3. The molecule has 0 amide bonds. The van der Waals surface area contributed by atoms with Gasteiger partial charge in [-0.25, -0.2) is 4.98 Å². The van der Waals surface area contributed by atoms with E-state index in [1.807, 2.05) is 12.5 Å². The zero-order valence-electron chi connectivity index (χ0n) is 12.6. The van der Waals surface area contributed by atoms with Crippen molar-refractivity contribution in [2.45, 2.75) is 52.6 Å². The fourth-order valence-electron chi connectivity index (χ4n) is 2.57. The van der Waals surface area contributed by atoms with Gasteiger partial charge in [-0.15, -0.1) is 0 Å². The number of imidazole rings is 1. The highest BCUT2D eigenvalue weighted by molar-refractivity contribution is 5.03. The van der Waals surface area contributed by atoms with Gasteiger partial charge in [0.1, 0.15) is 0 Å². The monoisotopic (exact) mass is 264 g/mol. The molecule has 0 saturated heterocycles. The van der Waals surface area contributed by atoms with Crippen molar-refractivity contribution < 1.29 is 0 Å².